The number of likely N-dealkylation sites (tertiary alicyclic amines) is 1. The summed E-state index contributed by atoms with van der Waals surface area (Å²) in [5.41, 5.74) is 0.661. The molecule has 2 fully saturated rings. The first-order chi connectivity index (χ1) is 16.7. The summed E-state index contributed by atoms with van der Waals surface area (Å²) >= 11 is 0. The first kappa shape index (κ1) is 23.3. The standard InChI is InChI=1S/C25H26F3N5O2/c1-4-18-12-30-23(35-18)19-7-5-14(2)31-22(19)24(34)33-13-16-9-15(16)10-21(33)32(3)20-8-6-17(11-29-20)25(26,27)28/h5-8,11-12,15-16,21H,4,9-10,13H2,1-3H3. The minimum Gasteiger partial charge on any atom is -0.441 e. The zero-order valence-corrected chi connectivity index (χ0v) is 19.7. The maximum Gasteiger partial charge on any atom is 0.417 e. The predicted octanol–water partition coefficient (Wildman–Crippen LogP) is 4.97. The summed E-state index contributed by atoms with van der Waals surface area (Å²) in [5, 5.41) is 0. The molecule has 7 nitrogen and oxygen atoms in total. The maximum absolute atomic E-state index is 13.9. The van der Waals surface area contributed by atoms with E-state index < -0.39 is 11.7 Å². The molecule has 3 unspecified atom stereocenters. The summed E-state index contributed by atoms with van der Waals surface area (Å²) in [6, 6.07) is 5.97. The number of hydrogen-bond donors (Lipinski definition) is 0. The van der Waals surface area contributed by atoms with E-state index in [1.807, 2.05) is 19.9 Å². The Kier molecular flexibility index (Phi) is 5.77. The van der Waals surface area contributed by atoms with Crippen LogP contribution in [0.5, 0.6) is 0 Å². The average Bonchev–Trinajstić information content (AvgIpc) is 3.45. The highest BCUT2D eigenvalue weighted by molar-refractivity contribution is 5.98. The van der Waals surface area contributed by atoms with E-state index >= 15 is 0 Å². The van der Waals surface area contributed by atoms with Gasteiger partial charge < -0.3 is 14.2 Å². The van der Waals surface area contributed by atoms with Gasteiger partial charge in [-0.3, -0.25) is 4.79 Å². The lowest BCUT2D eigenvalue weighted by Crippen LogP contribution is -2.53. The number of pyridine rings is 2. The second-order valence-corrected chi connectivity index (χ2v) is 9.28. The van der Waals surface area contributed by atoms with Crippen molar-refractivity contribution in [2.75, 3.05) is 18.5 Å². The quantitative estimate of drug-likeness (QED) is 0.508. The molecular weight excluding hydrogens is 459 g/mol. The van der Waals surface area contributed by atoms with Crippen molar-refractivity contribution in [2.45, 2.75) is 45.5 Å². The molecule has 3 atom stereocenters. The van der Waals surface area contributed by atoms with Crippen molar-refractivity contribution in [3.8, 4) is 11.5 Å². The number of aromatic nitrogens is 3. The fourth-order valence-corrected chi connectivity index (χ4v) is 4.72. The Morgan fingerprint density at radius 1 is 1.14 bits per heavy atom. The highest BCUT2D eigenvalue weighted by Crippen LogP contribution is 2.48. The van der Waals surface area contributed by atoms with Crippen LogP contribution in [0.4, 0.5) is 19.0 Å². The van der Waals surface area contributed by atoms with Crippen LogP contribution in [-0.2, 0) is 12.6 Å². The van der Waals surface area contributed by atoms with Crippen LogP contribution in [-0.4, -0.2) is 45.5 Å². The molecule has 0 N–H and O–H groups in total. The molecule has 1 amide bonds. The monoisotopic (exact) mass is 485 g/mol. The highest BCUT2D eigenvalue weighted by atomic mass is 19.4. The number of rotatable bonds is 5. The van der Waals surface area contributed by atoms with E-state index in [1.165, 1.54) is 6.07 Å². The second-order valence-electron chi connectivity index (χ2n) is 9.28. The lowest BCUT2D eigenvalue weighted by atomic mass is 10.0. The summed E-state index contributed by atoms with van der Waals surface area (Å²) in [5.74, 6) is 2.08. The van der Waals surface area contributed by atoms with Crippen LogP contribution >= 0.6 is 0 Å². The molecule has 1 saturated heterocycles. The van der Waals surface area contributed by atoms with Gasteiger partial charge in [0.15, 0.2) is 0 Å². The van der Waals surface area contributed by atoms with Crippen LogP contribution in [0.25, 0.3) is 11.5 Å². The number of anilines is 1. The first-order valence-electron chi connectivity index (χ1n) is 11.7. The third-order valence-corrected chi connectivity index (χ3v) is 6.89. The summed E-state index contributed by atoms with van der Waals surface area (Å²) in [6.07, 6.45) is 0.0842. The van der Waals surface area contributed by atoms with Gasteiger partial charge in [0.2, 0.25) is 5.89 Å². The molecular formula is C25H26F3N5O2. The van der Waals surface area contributed by atoms with Crippen molar-refractivity contribution in [1.82, 2.24) is 19.9 Å². The summed E-state index contributed by atoms with van der Waals surface area (Å²) in [4.78, 5) is 30.4. The number of carbonyl (C=O) groups excluding carboxylic acids is 1. The Balaban J connectivity index is 1.47. The molecule has 5 rings (SSSR count). The summed E-state index contributed by atoms with van der Waals surface area (Å²) < 4.78 is 44.8. The molecule has 0 spiro atoms. The zero-order valence-electron chi connectivity index (χ0n) is 19.7. The molecule has 1 aliphatic heterocycles. The predicted molar refractivity (Wildman–Crippen MR) is 123 cm³/mol. The number of amides is 1. The Labute approximate surface area is 201 Å². The van der Waals surface area contributed by atoms with E-state index in [4.69, 9.17) is 4.42 Å². The van der Waals surface area contributed by atoms with Gasteiger partial charge in [0.25, 0.3) is 5.91 Å². The molecule has 2 aliphatic rings. The Bertz CT molecular complexity index is 1240. The minimum absolute atomic E-state index is 0.255. The van der Waals surface area contributed by atoms with E-state index in [2.05, 4.69) is 15.0 Å². The van der Waals surface area contributed by atoms with Gasteiger partial charge in [-0.1, -0.05) is 6.92 Å². The molecule has 4 heterocycles. The van der Waals surface area contributed by atoms with Crippen molar-refractivity contribution >= 4 is 11.7 Å². The van der Waals surface area contributed by atoms with Gasteiger partial charge in [-0.05, 0) is 55.9 Å². The van der Waals surface area contributed by atoms with E-state index in [0.29, 0.717) is 53.5 Å². The number of oxazole rings is 1. The number of fused-ring (bicyclic) bond motifs is 1. The van der Waals surface area contributed by atoms with Crippen LogP contribution in [0.1, 0.15) is 47.3 Å². The fraction of sp³-hybridized carbons (Fsp3) is 0.440. The molecule has 35 heavy (non-hydrogen) atoms. The van der Waals surface area contributed by atoms with Crippen LogP contribution in [0.15, 0.2) is 41.1 Å². The van der Waals surface area contributed by atoms with Crippen LogP contribution in [0.2, 0.25) is 0 Å². The van der Waals surface area contributed by atoms with Gasteiger partial charge in [-0.15, -0.1) is 0 Å². The molecule has 0 aromatic carbocycles. The first-order valence-corrected chi connectivity index (χ1v) is 11.7. The Hall–Kier alpha value is -3.43. The van der Waals surface area contributed by atoms with E-state index in [9.17, 15) is 18.0 Å². The highest BCUT2D eigenvalue weighted by Gasteiger charge is 2.49. The fourth-order valence-electron chi connectivity index (χ4n) is 4.72. The van der Waals surface area contributed by atoms with E-state index in [1.54, 1.807) is 29.1 Å². The van der Waals surface area contributed by atoms with Gasteiger partial charge in [-0.25, -0.2) is 15.0 Å². The molecule has 1 saturated carbocycles. The largest absolute Gasteiger partial charge is 0.441 e. The van der Waals surface area contributed by atoms with Crippen molar-refractivity contribution in [1.29, 1.82) is 0 Å². The topological polar surface area (TPSA) is 75.4 Å². The van der Waals surface area contributed by atoms with E-state index in [-0.39, 0.29) is 17.8 Å². The van der Waals surface area contributed by atoms with Gasteiger partial charge in [0, 0.05) is 31.9 Å². The molecule has 184 valence electrons. The van der Waals surface area contributed by atoms with E-state index in [0.717, 1.165) is 25.1 Å². The van der Waals surface area contributed by atoms with Gasteiger partial charge >= 0.3 is 6.18 Å². The zero-order chi connectivity index (χ0) is 24.9. The molecule has 0 bridgehead atoms. The molecule has 3 aromatic heterocycles. The molecule has 0 radical (unpaired) electrons. The van der Waals surface area contributed by atoms with Crippen molar-refractivity contribution in [3.05, 3.63) is 59.4 Å². The van der Waals surface area contributed by atoms with Gasteiger partial charge in [-0.2, -0.15) is 13.2 Å². The van der Waals surface area contributed by atoms with Gasteiger partial charge in [0.05, 0.1) is 17.3 Å². The summed E-state index contributed by atoms with van der Waals surface area (Å²) in [6.45, 7) is 4.33. The smallest absolute Gasteiger partial charge is 0.417 e. The number of alkyl halides is 3. The van der Waals surface area contributed by atoms with Crippen LogP contribution < -0.4 is 4.90 Å². The second kappa shape index (κ2) is 8.66. The van der Waals surface area contributed by atoms with Crippen LogP contribution in [0, 0.1) is 18.8 Å². The van der Waals surface area contributed by atoms with Crippen molar-refractivity contribution < 1.29 is 22.4 Å². The van der Waals surface area contributed by atoms with Crippen molar-refractivity contribution in [3.63, 3.8) is 0 Å². The number of hydrogen-bond acceptors (Lipinski definition) is 6. The normalized spacial score (nSPS) is 21.5. The maximum atomic E-state index is 13.9. The van der Waals surface area contributed by atoms with Crippen molar-refractivity contribution in [2.24, 2.45) is 11.8 Å². The number of carbonyl (C=O) groups is 1. The molecule has 1 aliphatic carbocycles. The Morgan fingerprint density at radius 2 is 1.94 bits per heavy atom. The van der Waals surface area contributed by atoms with Gasteiger partial charge in [0.1, 0.15) is 23.4 Å². The third kappa shape index (κ3) is 4.49. The number of halogens is 3. The lowest BCUT2D eigenvalue weighted by Gasteiger charge is -2.41. The number of piperidine rings is 1. The van der Waals surface area contributed by atoms with Crippen LogP contribution in [0.3, 0.4) is 0 Å². The number of aryl methyl sites for hydroxylation is 2. The molecule has 3 aromatic rings. The third-order valence-electron chi connectivity index (χ3n) is 6.89. The Morgan fingerprint density at radius 3 is 2.60 bits per heavy atom. The lowest BCUT2D eigenvalue weighted by molar-refractivity contribution is -0.137. The SMILES string of the molecule is CCc1cnc(-c2ccc(C)nc2C(=O)N2CC3CC3CC2N(C)c2ccc(C(F)(F)F)cn2)o1. The average molecular weight is 486 g/mol. The summed E-state index contributed by atoms with van der Waals surface area (Å²) in [7, 11) is 1.76. The minimum atomic E-state index is -4.46. The molecule has 10 heteroatoms. The number of nitrogens with zero attached hydrogens (tertiary/aromatic N) is 5.